The van der Waals surface area contributed by atoms with E-state index < -0.39 is 5.97 Å². The quantitative estimate of drug-likeness (QED) is 0.926. The summed E-state index contributed by atoms with van der Waals surface area (Å²) in [6.07, 6.45) is 4.57. The summed E-state index contributed by atoms with van der Waals surface area (Å²) in [4.78, 5) is 23.4. The van der Waals surface area contributed by atoms with E-state index in [1.807, 2.05) is 12.1 Å². The molecule has 1 heterocycles. The number of hydrogen-bond acceptors (Lipinski definition) is 2. The molecule has 0 atom stereocenters. The minimum atomic E-state index is -0.965. The maximum Gasteiger partial charge on any atom is 0.335 e. The molecule has 0 saturated heterocycles. The summed E-state index contributed by atoms with van der Waals surface area (Å²) in [7, 11) is 0. The van der Waals surface area contributed by atoms with Crippen molar-refractivity contribution >= 4 is 11.7 Å². The summed E-state index contributed by atoms with van der Waals surface area (Å²) in [6, 6.07) is 10.1. The number of aromatic nitrogens is 1. The van der Waals surface area contributed by atoms with Gasteiger partial charge in [-0.05, 0) is 35.6 Å². The van der Waals surface area contributed by atoms with Crippen molar-refractivity contribution in [1.29, 1.82) is 0 Å². The summed E-state index contributed by atoms with van der Waals surface area (Å²) in [6.45, 7) is 4.21. The van der Waals surface area contributed by atoms with Crippen molar-refractivity contribution in [2.45, 2.75) is 20.3 Å². The normalized spacial score (nSPS) is 15.8. The van der Waals surface area contributed by atoms with Gasteiger partial charge in [-0.2, -0.15) is 0 Å². The fourth-order valence-electron chi connectivity index (χ4n) is 2.92. The number of fused-ring (bicyclic) bond motifs is 1. The second-order valence-corrected chi connectivity index (χ2v) is 6.28. The van der Waals surface area contributed by atoms with Gasteiger partial charge in [0.2, 0.25) is 0 Å². The van der Waals surface area contributed by atoms with E-state index in [0.29, 0.717) is 0 Å². The molecule has 0 aliphatic heterocycles. The Labute approximate surface area is 128 Å². The van der Waals surface area contributed by atoms with E-state index in [-0.39, 0.29) is 16.5 Å². The van der Waals surface area contributed by atoms with Crippen molar-refractivity contribution in [3.8, 4) is 0 Å². The van der Waals surface area contributed by atoms with E-state index in [0.717, 1.165) is 23.2 Å². The van der Waals surface area contributed by atoms with Crippen LogP contribution in [0.15, 0.2) is 53.5 Å². The third-order valence-corrected chi connectivity index (χ3v) is 3.89. The molecule has 112 valence electrons. The smallest absolute Gasteiger partial charge is 0.335 e. The number of pyridine rings is 1. The van der Waals surface area contributed by atoms with Crippen molar-refractivity contribution in [3.63, 3.8) is 0 Å². The average molecular weight is 295 g/mol. The number of nitrogens with zero attached hydrogens (tertiary/aromatic N) is 1. The van der Waals surface area contributed by atoms with E-state index in [2.05, 4.69) is 13.8 Å². The molecule has 0 saturated carbocycles. The van der Waals surface area contributed by atoms with E-state index in [1.165, 1.54) is 6.07 Å². The van der Waals surface area contributed by atoms with Gasteiger partial charge in [0.1, 0.15) is 0 Å². The van der Waals surface area contributed by atoms with Crippen LogP contribution >= 0.6 is 0 Å². The molecule has 1 aromatic carbocycles. The van der Waals surface area contributed by atoms with Crippen LogP contribution in [0.3, 0.4) is 0 Å². The zero-order valence-electron chi connectivity index (χ0n) is 12.5. The molecule has 0 fully saturated rings. The minimum Gasteiger partial charge on any atom is -0.478 e. The standard InChI is InChI=1S/C18H17NO3/c1-18(2)10-13-7-6-12(17(21)22)9-14(13)15(11-18)19-8-4-3-5-16(19)20/h3-9,11H,10H2,1-2H3,(H,21,22). The highest BCUT2D eigenvalue weighted by Crippen LogP contribution is 2.37. The lowest BCUT2D eigenvalue weighted by Gasteiger charge is -2.30. The number of aromatic carboxylic acids is 1. The first kappa shape index (κ1) is 14.3. The van der Waals surface area contributed by atoms with E-state index >= 15 is 0 Å². The highest BCUT2D eigenvalue weighted by atomic mass is 16.4. The van der Waals surface area contributed by atoms with Gasteiger partial charge in [-0.25, -0.2) is 4.79 Å². The zero-order chi connectivity index (χ0) is 15.9. The maximum absolute atomic E-state index is 12.2. The maximum atomic E-state index is 12.2. The summed E-state index contributed by atoms with van der Waals surface area (Å²) in [5, 5.41) is 9.21. The van der Waals surface area contributed by atoms with Crippen LogP contribution in [-0.4, -0.2) is 15.6 Å². The van der Waals surface area contributed by atoms with Crippen LogP contribution in [0.4, 0.5) is 0 Å². The highest BCUT2D eigenvalue weighted by Gasteiger charge is 2.27. The molecular formula is C18H17NO3. The van der Waals surface area contributed by atoms with Crippen molar-refractivity contribution in [3.05, 3.63) is 75.7 Å². The molecule has 4 heteroatoms. The van der Waals surface area contributed by atoms with Crippen molar-refractivity contribution in [2.75, 3.05) is 0 Å². The van der Waals surface area contributed by atoms with Gasteiger partial charge in [0.15, 0.2) is 0 Å². The van der Waals surface area contributed by atoms with Crippen molar-refractivity contribution in [2.24, 2.45) is 5.41 Å². The first-order chi connectivity index (χ1) is 10.4. The minimum absolute atomic E-state index is 0.0949. The van der Waals surface area contributed by atoms with Gasteiger partial charge in [-0.15, -0.1) is 0 Å². The zero-order valence-corrected chi connectivity index (χ0v) is 12.5. The summed E-state index contributed by atoms with van der Waals surface area (Å²) < 4.78 is 1.57. The molecule has 0 amide bonds. The summed E-state index contributed by atoms with van der Waals surface area (Å²) in [5.41, 5.74) is 2.63. The molecule has 4 nitrogen and oxygen atoms in total. The predicted molar refractivity (Wildman–Crippen MR) is 85.0 cm³/mol. The van der Waals surface area contributed by atoms with Crippen LogP contribution in [0.25, 0.3) is 5.70 Å². The SMILES string of the molecule is CC1(C)C=C(n2ccccc2=O)c2cc(C(=O)O)ccc2C1. The van der Waals surface area contributed by atoms with Crippen LogP contribution < -0.4 is 5.56 Å². The number of carboxylic acid groups (broad SMARTS) is 1. The Bertz CT molecular complexity index is 843. The van der Waals surface area contributed by atoms with Crippen molar-refractivity contribution < 1.29 is 9.90 Å². The number of allylic oxidation sites excluding steroid dienone is 1. The molecule has 3 rings (SSSR count). The van der Waals surface area contributed by atoms with E-state index in [4.69, 9.17) is 0 Å². The Kier molecular flexibility index (Phi) is 3.24. The molecule has 1 aliphatic rings. The highest BCUT2D eigenvalue weighted by molar-refractivity contribution is 5.89. The lowest BCUT2D eigenvalue weighted by atomic mass is 9.77. The Morgan fingerprint density at radius 1 is 1.23 bits per heavy atom. The molecule has 22 heavy (non-hydrogen) atoms. The molecular weight excluding hydrogens is 278 g/mol. The monoisotopic (exact) mass is 295 g/mol. The van der Waals surface area contributed by atoms with Crippen LogP contribution in [0, 0.1) is 5.41 Å². The van der Waals surface area contributed by atoms with Gasteiger partial charge in [0.05, 0.1) is 11.3 Å². The van der Waals surface area contributed by atoms with Gasteiger partial charge in [-0.3, -0.25) is 9.36 Å². The number of carboxylic acids is 1. The van der Waals surface area contributed by atoms with Gasteiger partial charge >= 0.3 is 5.97 Å². The van der Waals surface area contributed by atoms with Gasteiger partial charge in [-0.1, -0.05) is 32.1 Å². The van der Waals surface area contributed by atoms with Crippen LogP contribution in [-0.2, 0) is 6.42 Å². The lowest BCUT2D eigenvalue weighted by molar-refractivity contribution is 0.0697. The fraction of sp³-hybridized carbons (Fsp3) is 0.222. The lowest BCUT2D eigenvalue weighted by Crippen LogP contribution is -2.25. The summed E-state index contributed by atoms with van der Waals surface area (Å²) in [5.74, 6) is -0.965. The Morgan fingerprint density at radius 2 is 2.00 bits per heavy atom. The van der Waals surface area contributed by atoms with Crippen LogP contribution in [0.5, 0.6) is 0 Å². The molecule has 0 bridgehead atoms. The van der Waals surface area contributed by atoms with E-state index in [1.54, 1.807) is 35.0 Å². The Morgan fingerprint density at radius 3 is 2.68 bits per heavy atom. The largest absolute Gasteiger partial charge is 0.478 e. The Balaban J connectivity index is 2.27. The van der Waals surface area contributed by atoms with Crippen LogP contribution in [0.2, 0.25) is 0 Å². The van der Waals surface area contributed by atoms with Gasteiger partial charge in [0.25, 0.3) is 5.56 Å². The molecule has 0 spiro atoms. The first-order valence-corrected chi connectivity index (χ1v) is 7.15. The average Bonchev–Trinajstić information content (AvgIpc) is 2.45. The van der Waals surface area contributed by atoms with Gasteiger partial charge in [0, 0.05) is 17.8 Å². The fourth-order valence-corrected chi connectivity index (χ4v) is 2.92. The van der Waals surface area contributed by atoms with Gasteiger partial charge < -0.3 is 5.11 Å². The molecule has 0 radical (unpaired) electrons. The molecule has 1 aromatic heterocycles. The third-order valence-electron chi connectivity index (χ3n) is 3.89. The number of hydrogen-bond donors (Lipinski definition) is 1. The third kappa shape index (κ3) is 2.48. The second kappa shape index (κ2) is 4.98. The number of carbonyl (C=O) groups is 1. The molecule has 2 aromatic rings. The summed E-state index contributed by atoms with van der Waals surface area (Å²) >= 11 is 0. The van der Waals surface area contributed by atoms with Crippen molar-refractivity contribution in [1.82, 2.24) is 4.57 Å². The predicted octanol–water partition coefficient (Wildman–Crippen LogP) is 3.02. The number of rotatable bonds is 2. The number of benzene rings is 1. The topological polar surface area (TPSA) is 59.3 Å². The first-order valence-electron chi connectivity index (χ1n) is 7.15. The second-order valence-electron chi connectivity index (χ2n) is 6.28. The Hall–Kier alpha value is -2.62. The van der Waals surface area contributed by atoms with Crippen LogP contribution in [0.1, 0.15) is 35.3 Å². The molecule has 1 N–H and O–H groups in total. The molecule has 1 aliphatic carbocycles. The van der Waals surface area contributed by atoms with E-state index in [9.17, 15) is 14.7 Å². The molecule has 0 unspecified atom stereocenters.